The summed E-state index contributed by atoms with van der Waals surface area (Å²) in [5, 5.41) is 0.579. The number of aromatic nitrogens is 2. The van der Waals surface area contributed by atoms with Crippen LogP contribution in [0, 0.1) is 12.7 Å². The lowest BCUT2D eigenvalue weighted by molar-refractivity contribution is -0.137. The predicted octanol–water partition coefficient (Wildman–Crippen LogP) is 4.48. The predicted molar refractivity (Wildman–Crippen MR) is 103 cm³/mol. The third kappa shape index (κ3) is 3.92. The summed E-state index contributed by atoms with van der Waals surface area (Å²) in [4.78, 5) is 22.5. The number of benzene rings is 1. The zero-order valence-corrected chi connectivity index (χ0v) is 16.0. The number of nitrogens with zero attached hydrogens (tertiary/aromatic N) is 3. The highest BCUT2D eigenvalue weighted by molar-refractivity contribution is 5.99. The molecular weight excluding hydrogens is 400 g/mol. The van der Waals surface area contributed by atoms with Gasteiger partial charge in [0.15, 0.2) is 0 Å². The van der Waals surface area contributed by atoms with E-state index in [4.69, 9.17) is 5.73 Å². The van der Waals surface area contributed by atoms with Crippen LogP contribution in [0.4, 0.5) is 23.4 Å². The van der Waals surface area contributed by atoms with Crippen LogP contribution in [0.5, 0.6) is 0 Å². The number of hydrogen-bond donors (Lipinski definition) is 1. The van der Waals surface area contributed by atoms with E-state index in [0.29, 0.717) is 22.2 Å². The molecule has 1 amide bonds. The summed E-state index contributed by atoms with van der Waals surface area (Å²) < 4.78 is 52.9. The molecule has 1 aliphatic carbocycles. The van der Waals surface area contributed by atoms with Gasteiger partial charge in [-0.1, -0.05) is 0 Å². The smallest absolute Gasteiger partial charge is 0.383 e. The Balaban J connectivity index is 1.64. The van der Waals surface area contributed by atoms with Gasteiger partial charge in [0.2, 0.25) is 0 Å². The molecule has 1 fully saturated rings. The number of hydrogen-bond acceptors (Lipinski definition) is 4. The van der Waals surface area contributed by atoms with E-state index in [-0.39, 0.29) is 24.0 Å². The van der Waals surface area contributed by atoms with Crippen molar-refractivity contribution in [1.29, 1.82) is 0 Å². The molecule has 0 saturated heterocycles. The fraction of sp³-hybridized carbons (Fsp3) is 0.286. The quantitative estimate of drug-likeness (QED) is 0.634. The Kier molecular flexibility index (Phi) is 4.83. The Morgan fingerprint density at radius 3 is 2.57 bits per heavy atom. The second kappa shape index (κ2) is 7.23. The van der Waals surface area contributed by atoms with Crippen LogP contribution in [0.2, 0.25) is 0 Å². The number of pyridine rings is 2. The van der Waals surface area contributed by atoms with Gasteiger partial charge in [-0.05, 0) is 49.6 Å². The minimum atomic E-state index is -4.48. The molecule has 9 heteroatoms. The monoisotopic (exact) mass is 418 g/mol. The normalized spacial score (nSPS) is 14.2. The number of nitrogen functional groups attached to an aromatic ring is 1. The molecule has 0 spiro atoms. The first-order valence-corrected chi connectivity index (χ1v) is 9.33. The number of anilines is 1. The second-order valence-corrected chi connectivity index (χ2v) is 7.42. The number of aryl methyl sites for hydroxylation is 1. The molecule has 1 saturated carbocycles. The van der Waals surface area contributed by atoms with Gasteiger partial charge in [-0.15, -0.1) is 0 Å². The average molecular weight is 418 g/mol. The number of fused-ring (bicyclic) bond motifs is 1. The summed E-state index contributed by atoms with van der Waals surface area (Å²) in [6, 6.07) is 6.39. The van der Waals surface area contributed by atoms with Crippen LogP contribution in [0.15, 0.2) is 36.5 Å². The van der Waals surface area contributed by atoms with Crippen molar-refractivity contribution in [2.45, 2.75) is 38.5 Å². The summed E-state index contributed by atoms with van der Waals surface area (Å²) in [7, 11) is 0. The third-order valence-electron chi connectivity index (χ3n) is 5.10. The van der Waals surface area contributed by atoms with Crippen LogP contribution >= 0.6 is 0 Å². The van der Waals surface area contributed by atoms with Gasteiger partial charge in [-0.2, -0.15) is 13.2 Å². The maximum atomic E-state index is 14.7. The van der Waals surface area contributed by atoms with Crippen molar-refractivity contribution >= 4 is 22.6 Å². The van der Waals surface area contributed by atoms with Crippen molar-refractivity contribution in [3.63, 3.8) is 0 Å². The van der Waals surface area contributed by atoms with Gasteiger partial charge < -0.3 is 10.6 Å². The molecule has 1 aromatic carbocycles. The van der Waals surface area contributed by atoms with Crippen LogP contribution < -0.4 is 5.73 Å². The van der Waals surface area contributed by atoms with E-state index in [2.05, 4.69) is 9.97 Å². The number of carbonyl (C=O) groups excluding carboxylic acids is 1. The Hall–Kier alpha value is -3.23. The maximum Gasteiger partial charge on any atom is 0.417 e. The Labute approximate surface area is 169 Å². The lowest BCUT2D eigenvalue weighted by Crippen LogP contribution is -2.33. The molecule has 0 aliphatic heterocycles. The SMILES string of the molecule is Cc1cc2cc(C(=O)N(Cc3ccc(C(F)(F)F)cn3)C3CC3)c(F)cc2nc1N. The fourth-order valence-corrected chi connectivity index (χ4v) is 3.25. The van der Waals surface area contributed by atoms with Crippen LogP contribution in [0.3, 0.4) is 0 Å². The van der Waals surface area contributed by atoms with Crippen LogP contribution in [-0.4, -0.2) is 26.8 Å². The Morgan fingerprint density at radius 2 is 1.97 bits per heavy atom. The number of rotatable bonds is 4. The van der Waals surface area contributed by atoms with Crippen LogP contribution in [0.25, 0.3) is 10.9 Å². The molecule has 30 heavy (non-hydrogen) atoms. The van der Waals surface area contributed by atoms with E-state index < -0.39 is 23.5 Å². The largest absolute Gasteiger partial charge is 0.417 e. The molecule has 0 atom stereocenters. The van der Waals surface area contributed by atoms with Crippen LogP contribution in [-0.2, 0) is 12.7 Å². The second-order valence-electron chi connectivity index (χ2n) is 7.42. The molecule has 5 nitrogen and oxygen atoms in total. The van der Waals surface area contributed by atoms with Gasteiger partial charge in [0.05, 0.1) is 28.9 Å². The minimum absolute atomic E-state index is 0.00186. The summed E-state index contributed by atoms with van der Waals surface area (Å²) in [6.45, 7) is 1.76. The van der Waals surface area contributed by atoms with Crippen molar-refractivity contribution in [3.05, 3.63) is 64.7 Å². The average Bonchev–Trinajstić information content (AvgIpc) is 3.51. The molecule has 2 heterocycles. The molecule has 0 bridgehead atoms. The van der Waals surface area contributed by atoms with Crippen molar-refractivity contribution in [2.24, 2.45) is 0 Å². The molecule has 156 valence electrons. The molecule has 0 radical (unpaired) electrons. The lowest BCUT2D eigenvalue weighted by Gasteiger charge is -2.23. The summed E-state index contributed by atoms with van der Waals surface area (Å²) >= 11 is 0. The van der Waals surface area contributed by atoms with E-state index >= 15 is 0 Å². The highest BCUT2D eigenvalue weighted by atomic mass is 19.4. The first-order chi connectivity index (χ1) is 14.1. The van der Waals surface area contributed by atoms with Gasteiger partial charge in [0.1, 0.15) is 11.6 Å². The topological polar surface area (TPSA) is 72.1 Å². The van der Waals surface area contributed by atoms with Crippen molar-refractivity contribution in [2.75, 3.05) is 5.73 Å². The first-order valence-electron chi connectivity index (χ1n) is 9.33. The molecule has 2 N–H and O–H groups in total. The highest BCUT2D eigenvalue weighted by Crippen LogP contribution is 2.32. The highest BCUT2D eigenvalue weighted by Gasteiger charge is 2.35. The number of halogens is 4. The van der Waals surface area contributed by atoms with Crippen molar-refractivity contribution < 1.29 is 22.4 Å². The van der Waals surface area contributed by atoms with Gasteiger partial charge in [0.25, 0.3) is 5.91 Å². The fourth-order valence-electron chi connectivity index (χ4n) is 3.25. The van der Waals surface area contributed by atoms with Crippen LogP contribution in [0.1, 0.15) is 40.0 Å². The lowest BCUT2D eigenvalue weighted by atomic mass is 10.1. The van der Waals surface area contributed by atoms with E-state index in [1.165, 1.54) is 23.1 Å². The van der Waals surface area contributed by atoms with Gasteiger partial charge in [-0.25, -0.2) is 9.37 Å². The minimum Gasteiger partial charge on any atom is -0.383 e. The van der Waals surface area contributed by atoms with Gasteiger partial charge in [0, 0.05) is 23.7 Å². The Bertz CT molecular complexity index is 1120. The summed E-state index contributed by atoms with van der Waals surface area (Å²) in [6.07, 6.45) is -2.25. The maximum absolute atomic E-state index is 14.7. The number of carbonyl (C=O) groups is 1. The van der Waals surface area contributed by atoms with Gasteiger partial charge >= 0.3 is 6.18 Å². The first kappa shape index (κ1) is 20.1. The number of amides is 1. The number of nitrogens with two attached hydrogens (primary N) is 1. The zero-order valence-electron chi connectivity index (χ0n) is 16.0. The summed E-state index contributed by atoms with van der Waals surface area (Å²) in [5.41, 5.74) is 6.14. The molecule has 2 aromatic heterocycles. The van der Waals surface area contributed by atoms with E-state index in [9.17, 15) is 22.4 Å². The van der Waals surface area contributed by atoms with E-state index in [1.54, 1.807) is 13.0 Å². The van der Waals surface area contributed by atoms with Crippen molar-refractivity contribution in [3.8, 4) is 0 Å². The van der Waals surface area contributed by atoms with Crippen molar-refractivity contribution in [1.82, 2.24) is 14.9 Å². The molecule has 3 aromatic rings. The molecule has 1 aliphatic rings. The standard InChI is InChI=1S/C21H18F4N4O/c1-11-6-12-7-16(17(22)8-18(12)28-19(11)26)20(30)29(15-4-5-15)10-14-3-2-13(9-27-14)21(23,24)25/h2-3,6-9,15H,4-5,10H2,1H3,(H2,26,28). The van der Waals surface area contributed by atoms with E-state index in [1.807, 2.05) is 0 Å². The molecule has 4 rings (SSSR count). The molecule has 0 unspecified atom stereocenters. The number of alkyl halides is 3. The molecular formula is C21H18F4N4O. The summed E-state index contributed by atoms with van der Waals surface area (Å²) in [5.74, 6) is -0.976. The van der Waals surface area contributed by atoms with Gasteiger partial charge in [-0.3, -0.25) is 9.78 Å². The third-order valence-corrected chi connectivity index (χ3v) is 5.10. The Morgan fingerprint density at radius 1 is 1.23 bits per heavy atom. The van der Waals surface area contributed by atoms with E-state index in [0.717, 1.165) is 25.1 Å². The zero-order chi connectivity index (χ0) is 21.6.